The average molecular weight is 262 g/mol. The third kappa shape index (κ3) is 4.33. The van der Waals surface area contributed by atoms with Gasteiger partial charge in [0.1, 0.15) is 0 Å². The second-order valence-corrected chi connectivity index (χ2v) is 5.08. The Morgan fingerprint density at radius 2 is 1.89 bits per heavy atom. The number of hydrazine groups is 1. The van der Waals surface area contributed by atoms with Crippen LogP contribution in [0.25, 0.3) is 0 Å². The van der Waals surface area contributed by atoms with Crippen LogP contribution >= 0.6 is 0 Å². The highest BCUT2D eigenvalue weighted by molar-refractivity contribution is 5.78. The largest absolute Gasteiger partial charge is 0.374 e. The van der Waals surface area contributed by atoms with E-state index in [1.165, 1.54) is 19.3 Å². The van der Waals surface area contributed by atoms with Gasteiger partial charge in [-0.2, -0.15) is 0 Å². The van der Waals surface area contributed by atoms with E-state index in [1.807, 2.05) is 24.3 Å². The lowest BCUT2D eigenvalue weighted by Crippen LogP contribution is -2.31. The van der Waals surface area contributed by atoms with Crippen LogP contribution in [0.2, 0.25) is 0 Å². The van der Waals surface area contributed by atoms with Crippen molar-refractivity contribution >= 4 is 5.91 Å². The summed E-state index contributed by atoms with van der Waals surface area (Å²) >= 11 is 0. The monoisotopic (exact) mass is 262 g/mol. The SMILES string of the molecule is NNC(=O)Cc1ccccc1COC1CCCCC1. The van der Waals surface area contributed by atoms with E-state index >= 15 is 0 Å². The Bertz CT molecular complexity index is 414. The molecule has 0 aromatic heterocycles. The van der Waals surface area contributed by atoms with Gasteiger partial charge in [-0.3, -0.25) is 10.2 Å². The molecular weight excluding hydrogens is 240 g/mol. The minimum absolute atomic E-state index is 0.176. The molecular formula is C15H22N2O2. The molecule has 1 aromatic carbocycles. The Balaban J connectivity index is 1.93. The summed E-state index contributed by atoms with van der Waals surface area (Å²) in [6.45, 7) is 0.582. The van der Waals surface area contributed by atoms with Crippen LogP contribution in [-0.2, 0) is 22.6 Å². The van der Waals surface area contributed by atoms with Crippen LogP contribution in [0.4, 0.5) is 0 Å². The Hall–Kier alpha value is -1.39. The number of carbonyl (C=O) groups excluding carboxylic acids is 1. The normalized spacial score (nSPS) is 16.3. The van der Waals surface area contributed by atoms with Crippen molar-refractivity contribution in [1.82, 2.24) is 5.43 Å². The standard InChI is InChI=1S/C15H22N2O2/c16-17-15(18)10-12-6-4-5-7-13(12)11-19-14-8-2-1-3-9-14/h4-7,14H,1-3,8-11,16H2,(H,17,18). The topological polar surface area (TPSA) is 64.3 Å². The van der Waals surface area contributed by atoms with E-state index in [4.69, 9.17) is 10.6 Å². The van der Waals surface area contributed by atoms with Crippen molar-refractivity contribution in [3.63, 3.8) is 0 Å². The molecule has 0 saturated heterocycles. The maximum atomic E-state index is 11.4. The average Bonchev–Trinajstić information content (AvgIpc) is 2.47. The third-order valence-corrected chi connectivity index (χ3v) is 3.66. The molecule has 4 nitrogen and oxygen atoms in total. The number of rotatable bonds is 5. The second-order valence-electron chi connectivity index (χ2n) is 5.08. The lowest BCUT2D eigenvalue weighted by molar-refractivity contribution is -0.120. The summed E-state index contributed by atoms with van der Waals surface area (Å²) in [7, 11) is 0. The van der Waals surface area contributed by atoms with Crippen molar-refractivity contribution in [2.24, 2.45) is 5.84 Å². The van der Waals surface area contributed by atoms with Gasteiger partial charge < -0.3 is 4.74 Å². The highest BCUT2D eigenvalue weighted by Crippen LogP contribution is 2.22. The molecule has 0 aliphatic heterocycles. The molecule has 0 radical (unpaired) electrons. The molecule has 4 heteroatoms. The van der Waals surface area contributed by atoms with E-state index in [2.05, 4.69) is 5.43 Å². The summed E-state index contributed by atoms with van der Waals surface area (Å²) in [6.07, 6.45) is 6.86. The van der Waals surface area contributed by atoms with Gasteiger partial charge >= 0.3 is 0 Å². The zero-order valence-corrected chi connectivity index (χ0v) is 11.2. The summed E-state index contributed by atoms with van der Waals surface area (Å²) in [5.41, 5.74) is 4.23. The van der Waals surface area contributed by atoms with Crippen molar-refractivity contribution in [3.05, 3.63) is 35.4 Å². The molecule has 19 heavy (non-hydrogen) atoms. The number of amides is 1. The van der Waals surface area contributed by atoms with E-state index in [0.29, 0.717) is 19.1 Å². The van der Waals surface area contributed by atoms with Crippen molar-refractivity contribution in [2.45, 2.75) is 51.2 Å². The number of benzene rings is 1. The Morgan fingerprint density at radius 3 is 2.58 bits per heavy atom. The van der Waals surface area contributed by atoms with E-state index < -0.39 is 0 Å². The molecule has 1 fully saturated rings. The Labute approximate surface area is 114 Å². The maximum absolute atomic E-state index is 11.4. The number of hydrogen-bond acceptors (Lipinski definition) is 3. The Kier molecular flexibility index (Phi) is 5.36. The van der Waals surface area contributed by atoms with Crippen LogP contribution in [0, 0.1) is 0 Å². The third-order valence-electron chi connectivity index (χ3n) is 3.66. The van der Waals surface area contributed by atoms with Gasteiger partial charge in [0.2, 0.25) is 5.91 Å². The fourth-order valence-electron chi connectivity index (χ4n) is 2.53. The predicted molar refractivity (Wildman–Crippen MR) is 74.1 cm³/mol. The van der Waals surface area contributed by atoms with Crippen LogP contribution in [0.5, 0.6) is 0 Å². The van der Waals surface area contributed by atoms with Gasteiger partial charge in [0.15, 0.2) is 0 Å². The van der Waals surface area contributed by atoms with Gasteiger partial charge in [0.05, 0.1) is 19.1 Å². The van der Waals surface area contributed by atoms with Crippen LogP contribution in [0.1, 0.15) is 43.2 Å². The number of ether oxygens (including phenoxy) is 1. The molecule has 0 heterocycles. The van der Waals surface area contributed by atoms with Gasteiger partial charge in [0, 0.05) is 0 Å². The first-order chi connectivity index (χ1) is 9.29. The number of nitrogens with one attached hydrogen (secondary N) is 1. The molecule has 1 aromatic rings. The quantitative estimate of drug-likeness (QED) is 0.485. The predicted octanol–water partition coefficient (Wildman–Crippen LogP) is 2.07. The zero-order valence-electron chi connectivity index (χ0n) is 11.2. The van der Waals surface area contributed by atoms with Gasteiger partial charge in [0.25, 0.3) is 0 Å². The number of hydrogen-bond donors (Lipinski definition) is 2. The summed E-state index contributed by atoms with van der Waals surface area (Å²) in [5, 5.41) is 0. The summed E-state index contributed by atoms with van der Waals surface area (Å²) < 4.78 is 5.96. The molecule has 0 atom stereocenters. The fourth-order valence-corrected chi connectivity index (χ4v) is 2.53. The highest BCUT2D eigenvalue weighted by atomic mass is 16.5. The van der Waals surface area contributed by atoms with E-state index in [0.717, 1.165) is 24.0 Å². The van der Waals surface area contributed by atoms with E-state index in [9.17, 15) is 4.79 Å². The van der Waals surface area contributed by atoms with Crippen LogP contribution in [-0.4, -0.2) is 12.0 Å². The molecule has 1 aliphatic rings. The molecule has 0 unspecified atom stereocenters. The summed E-state index contributed by atoms with van der Waals surface area (Å²) in [6, 6.07) is 7.88. The molecule has 0 bridgehead atoms. The zero-order chi connectivity index (χ0) is 13.5. The minimum atomic E-state index is -0.176. The smallest absolute Gasteiger partial charge is 0.238 e. The first kappa shape index (κ1) is 14.0. The molecule has 104 valence electrons. The summed E-state index contributed by atoms with van der Waals surface area (Å²) in [4.78, 5) is 11.4. The van der Waals surface area contributed by atoms with Gasteiger partial charge in [-0.1, -0.05) is 43.5 Å². The fraction of sp³-hybridized carbons (Fsp3) is 0.533. The van der Waals surface area contributed by atoms with Crippen molar-refractivity contribution in [3.8, 4) is 0 Å². The Morgan fingerprint density at radius 1 is 1.21 bits per heavy atom. The van der Waals surface area contributed by atoms with Crippen LogP contribution in [0.3, 0.4) is 0 Å². The second kappa shape index (κ2) is 7.26. The molecule has 1 amide bonds. The molecule has 0 spiro atoms. The number of carbonyl (C=O) groups is 1. The van der Waals surface area contributed by atoms with Crippen molar-refractivity contribution < 1.29 is 9.53 Å². The van der Waals surface area contributed by atoms with Gasteiger partial charge in [-0.15, -0.1) is 0 Å². The summed E-state index contributed by atoms with van der Waals surface area (Å²) in [5.74, 6) is 4.95. The van der Waals surface area contributed by atoms with Crippen molar-refractivity contribution in [1.29, 1.82) is 0 Å². The molecule has 3 N–H and O–H groups in total. The lowest BCUT2D eigenvalue weighted by Gasteiger charge is -2.22. The van der Waals surface area contributed by atoms with Crippen LogP contribution in [0.15, 0.2) is 24.3 Å². The van der Waals surface area contributed by atoms with Crippen LogP contribution < -0.4 is 11.3 Å². The van der Waals surface area contributed by atoms with E-state index in [-0.39, 0.29) is 5.91 Å². The first-order valence-corrected chi connectivity index (χ1v) is 6.97. The first-order valence-electron chi connectivity index (χ1n) is 6.97. The molecule has 2 rings (SSSR count). The van der Waals surface area contributed by atoms with Gasteiger partial charge in [-0.25, -0.2) is 5.84 Å². The highest BCUT2D eigenvalue weighted by Gasteiger charge is 2.14. The van der Waals surface area contributed by atoms with Gasteiger partial charge in [-0.05, 0) is 24.0 Å². The lowest BCUT2D eigenvalue weighted by atomic mass is 9.97. The molecule has 1 saturated carbocycles. The van der Waals surface area contributed by atoms with E-state index in [1.54, 1.807) is 0 Å². The number of nitrogens with two attached hydrogens (primary N) is 1. The maximum Gasteiger partial charge on any atom is 0.238 e. The molecule has 1 aliphatic carbocycles. The van der Waals surface area contributed by atoms with Crippen molar-refractivity contribution in [2.75, 3.05) is 0 Å². The minimum Gasteiger partial charge on any atom is -0.374 e.